The Morgan fingerprint density at radius 3 is 2.92 bits per heavy atom. The van der Waals surface area contributed by atoms with E-state index in [4.69, 9.17) is 14.3 Å². The van der Waals surface area contributed by atoms with Gasteiger partial charge in [0.15, 0.2) is 0 Å². The number of aliphatic hydroxyl groups is 1. The third-order valence-electron chi connectivity index (χ3n) is 3.54. The highest BCUT2D eigenvalue weighted by Crippen LogP contribution is 2.26. The average molecular weight is 358 g/mol. The van der Waals surface area contributed by atoms with Gasteiger partial charge in [-0.1, -0.05) is 18.2 Å². The van der Waals surface area contributed by atoms with Crippen LogP contribution in [0.25, 0.3) is 10.8 Å². The first-order valence-corrected chi connectivity index (χ1v) is 8.68. The van der Waals surface area contributed by atoms with Crippen LogP contribution in [0.4, 0.5) is 5.69 Å². The van der Waals surface area contributed by atoms with E-state index in [2.05, 4.69) is 10.3 Å². The van der Waals surface area contributed by atoms with E-state index in [1.54, 1.807) is 25.1 Å². The quantitative estimate of drug-likeness (QED) is 0.629. The normalized spacial score (nSPS) is 10.6. The molecule has 6 nitrogen and oxygen atoms in total. The molecule has 2 N–H and O–H groups in total. The highest BCUT2D eigenvalue weighted by atomic mass is 32.1. The molecule has 0 fully saturated rings. The van der Waals surface area contributed by atoms with Crippen molar-refractivity contribution in [3.8, 4) is 10.8 Å². The number of aliphatic hydroxyl groups excluding tert-OH is 1. The number of aromatic nitrogens is 1. The van der Waals surface area contributed by atoms with Gasteiger partial charge in [0.05, 0.1) is 17.0 Å². The molecule has 0 unspecified atom stereocenters. The smallest absolute Gasteiger partial charge is 0.340 e. The Morgan fingerprint density at radius 1 is 1.32 bits per heavy atom. The summed E-state index contributed by atoms with van der Waals surface area (Å²) in [5.74, 6) is 0.701. The van der Waals surface area contributed by atoms with E-state index in [1.807, 2.05) is 23.6 Å². The fraction of sp³-hybridized carbons (Fsp3) is 0.222. The van der Waals surface area contributed by atoms with Crippen molar-refractivity contribution in [2.24, 2.45) is 0 Å². The van der Waals surface area contributed by atoms with Gasteiger partial charge >= 0.3 is 5.97 Å². The molecule has 2 heterocycles. The van der Waals surface area contributed by atoms with Crippen LogP contribution < -0.4 is 5.32 Å². The van der Waals surface area contributed by atoms with E-state index >= 15 is 0 Å². The zero-order chi connectivity index (χ0) is 17.6. The van der Waals surface area contributed by atoms with Crippen molar-refractivity contribution in [3.05, 3.63) is 58.8 Å². The van der Waals surface area contributed by atoms with E-state index in [9.17, 15) is 4.79 Å². The number of hydrogen-bond acceptors (Lipinski definition) is 7. The molecule has 0 bridgehead atoms. The van der Waals surface area contributed by atoms with Crippen molar-refractivity contribution in [1.29, 1.82) is 0 Å². The van der Waals surface area contributed by atoms with Crippen molar-refractivity contribution in [2.75, 3.05) is 18.5 Å². The number of nitrogens with zero attached hydrogens (tertiary/aromatic N) is 1. The van der Waals surface area contributed by atoms with Crippen molar-refractivity contribution in [1.82, 2.24) is 4.98 Å². The van der Waals surface area contributed by atoms with Gasteiger partial charge in [0.2, 0.25) is 5.89 Å². The number of thiophene rings is 1. The Morgan fingerprint density at radius 2 is 2.16 bits per heavy atom. The zero-order valence-electron chi connectivity index (χ0n) is 13.7. The zero-order valence-corrected chi connectivity index (χ0v) is 14.5. The first-order chi connectivity index (χ1) is 12.2. The van der Waals surface area contributed by atoms with Gasteiger partial charge in [-0.15, -0.1) is 11.3 Å². The highest BCUT2D eigenvalue weighted by molar-refractivity contribution is 7.13. The Bertz CT molecular complexity index is 843. The number of benzene rings is 1. The molecule has 0 radical (unpaired) electrons. The molecule has 0 saturated carbocycles. The molecular formula is C18H18N2O4S. The second-order valence-corrected chi connectivity index (χ2v) is 6.22. The van der Waals surface area contributed by atoms with Crippen molar-refractivity contribution in [3.63, 3.8) is 0 Å². The summed E-state index contributed by atoms with van der Waals surface area (Å²) in [6.07, 6.45) is 0. The lowest BCUT2D eigenvalue weighted by Crippen LogP contribution is -2.12. The summed E-state index contributed by atoms with van der Waals surface area (Å²) in [6.45, 7) is 2.17. The summed E-state index contributed by atoms with van der Waals surface area (Å²) < 4.78 is 11.0. The van der Waals surface area contributed by atoms with Crippen molar-refractivity contribution in [2.45, 2.75) is 13.5 Å². The number of nitrogens with one attached hydrogen (secondary N) is 1. The van der Waals surface area contributed by atoms with Gasteiger partial charge in [-0.3, -0.25) is 0 Å². The van der Waals surface area contributed by atoms with E-state index in [0.717, 1.165) is 4.88 Å². The predicted molar refractivity (Wildman–Crippen MR) is 95.7 cm³/mol. The molecule has 3 aromatic rings. The number of oxazole rings is 1. The largest absolute Gasteiger partial charge is 0.455 e. The lowest BCUT2D eigenvalue weighted by Gasteiger charge is -2.10. The number of rotatable bonds is 7. The Hall–Kier alpha value is -2.64. The van der Waals surface area contributed by atoms with Gasteiger partial charge in [0.25, 0.3) is 0 Å². The molecule has 0 spiro atoms. The highest BCUT2D eigenvalue weighted by Gasteiger charge is 2.16. The standard InChI is InChI=1S/C18H18N2O4S/c1-12-15(20-17(24-12)16-7-4-10-25-16)11-23-18(22)13-5-2-3-6-14(13)19-8-9-21/h2-7,10,19,21H,8-9,11H2,1H3. The molecule has 0 aliphatic heterocycles. The number of ether oxygens (including phenoxy) is 1. The van der Waals surface area contributed by atoms with Crippen molar-refractivity contribution >= 4 is 23.0 Å². The van der Waals surface area contributed by atoms with E-state index < -0.39 is 5.97 Å². The number of carbonyl (C=O) groups excluding carboxylic acids is 1. The molecule has 0 aliphatic rings. The number of anilines is 1. The lowest BCUT2D eigenvalue weighted by atomic mass is 10.2. The van der Waals surface area contributed by atoms with Crippen LogP contribution in [-0.4, -0.2) is 29.2 Å². The number of carbonyl (C=O) groups is 1. The lowest BCUT2D eigenvalue weighted by molar-refractivity contribution is 0.0468. The molecule has 130 valence electrons. The third-order valence-corrected chi connectivity index (χ3v) is 4.40. The fourth-order valence-electron chi connectivity index (χ4n) is 2.29. The molecule has 0 amide bonds. The molecule has 0 aliphatic carbocycles. The van der Waals surface area contributed by atoms with Crippen LogP contribution in [0.2, 0.25) is 0 Å². The molecule has 1 aromatic carbocycles. The first kappa shape index (κ1) is 17.2. The Balaban J connectivity index is 1.69. The van der Waals surface area contributed by atoms with Gasteiger partial charge in [-0.2, -0.15) is 0 Å². The third kappa shape index (κ3) is 4.07. The molecule has 3 rings (SSSR count). The van der Waals surface area contributed by atoms with E-state index in [-0.39, 0.29) is 13.2 Å². The van der Waals surface area contributed by atoms with Gasteiger partial charge in [-0.05, 0) is 30.5 Å². The van der Waals surface area contributed by atoms with Crippen LogP contribution in [0.5, 0.6) is 0 Å². The average Bonchev–Trinajstić information content (AvgIpc) is 3.28. The molecule has 0 atom stereocenters. The van der Waals surface area contributed by atoms with Crippen LogP contribution in [0.15, 0.2) is 46.2 Å². The van der Waals surface area contributed by atoms with Crippen LogP contribution in [-0.2, 0) is 11.3 Å². The number of aryl methyl sites for hydroxylation is 1. The van der Waals surface area contributed by atoms with Crippen LogP contribution in [0.1, 0.15) is 21.8 Å². The summed E-state index contributed by atoms with van der Waals surface area (Å²) in [7, 11) is 0. The summed E-state index contributed by atoms with van der Waals surface area (Å²) in [4.78, 5) is 17.7. The van der Waals surface area contributed by atoms with Gasteiger partial charge < -0.3 is 19.6 Å². The first-order valence-electron chi connectivity index (χ1n) is 7.80. The minimum atomic E-state index is -0.457. The SMILES string of the molecule is Cc1oc(-c2cccs2)nc1COC(=O)c1ccccc1NCCO. The number of hydrogen-bond donors (Lipinski definition) is 2. The summed E-state index contributed by atoms with van der Waals surface area (Å²) >= 11 is 1.54. The van der Waals surface area contributed by atoms with Gasteiger partial charge in [0.1, 0.15) is 18.1 Å². The van der Waals surface area contributed by atoms with Crippen LogP contribution in [0, 0.1) is 6.92 Å². The fourth-order valence-corrected chi connectivity index (χ4v) is 2.93. The number of esters is 1. The Kier molecular flexibility index (Phi) is 5.47. The topological polar surface area (TPSA) is 84.6 Å². The maximum atomic E-state index is 12.4. The maximum Gasteiger partial charge on any atom is 0.340 e. The molecule has 2 aromatic heterocycles. The van der Waals surface area contributed by atoms with E-state index in [0.29, 0.717) is 35.1 Å². The molecule has 7 heteroatoms. The van der Waals surface area contributed by atoms with Crippen LogP contribution in [0.3, 0.4) is 0 Å². The van der Waals surface area contributed by atoms with Crippen LogP contribution >= 0.6 is 11.3 Å². The Labute approximate surface area is 149 Å². The second kappa shape index (κ2) is 7.96. The monoisotopic (exact) mass is 358 g/mol. The van der Waals surface area contributed by atoms with Crippen molar-refractivity contribution < 1.29 is 19.1 Å². The van der Waals surface area contributed by atoms with Gasteiger partial charge in [0, 0.05) is 12.2 Å². The predicted octanol–water partition coefficient (Wildman–Crippen LogP) is 3.47. The summed E-state index contributed by atoms with van der Waals surface area (Å²) in [6, 6.07) is 10.9. The summed E-state index contributed by atoms with van der Waals surface area (Å²) in [5.41, 5.74) is 1.63. The minimum Gasteiger partial charge on any atom is -0.455 e. The maximum absolute atomic E-state index is 12.4. The van der Waals surface area contributed by atoms with Gasteiger partial charge in [-0.25, -0.2) is 9.78 Å². The molecule has 25 heavy (non-hydrogen) atoms. The molecular weight excluding hydrogens is 340 g/mol. The second-order valence-electron chi connectivity index (χ2n) is 5.27. The minimum absolute atomic E-state index is 0.0208. The number of para-hydroxylation sites is 1. The summed E-state index contributed by atoms with van der Waals surface area (Å²) in [5, 5.41) is 13.9. The molecule has 0 saturated heterocycles. The van der Waals surface area contributed by atoms with E-state index in [1.165, 1.54) is 11.3 Å².